The number of piperidine rings is 1. The molecule has 1 aliphatic rings. The number of amides is 1. The van der Waals surface area contributed by atoms with Crippen LogP contribution in [0.15, 0.2) is 0 Å². The van der Waals surface area contributed by atoms with Gasteiger partial charge in [-0.25, -0.2) is 4.79 Å². The number of rotatable bonds is 1. The molecule has 0 radical (unpaired) electrons. The fourth-order valence-electron chi connectivity index (χ4n) is 1.70. The van der Waals surface area contributed by atoms with Gasteiger partial charge in [-0.05, 0) is 33.6 Å². The van der Waals surface area contributed by atoms with Crippen LogP contribution < -0.4 is 0 Å². The molecule has 0 bridgehead atoms. The summed E-state index contributed by atoms with van der Waals surface area (Å²) in [6.45, 7) is 6.88. The fraction of sp³-hybridized carbons (Fsp3) is 0.909. The molecule has 1 rings (SSSR count). The zero-order valence-electron chi connectivity index (χ0n) is 10.5. The molecule has 16 heavy (non-hydrogen) atoms. The van der Waals surface area contributed by atoms with Crippen LogP contribution >= 0.6 is 0 Å². The van der Waals surface area contributed by atoms with Crippen molar-refractivity contribution in [3.05, 3.63) is 0 Å². The summed E-state index contributed by atoms with van der Waals surface area (Å²) in [5.41, 5.74) is -0.443. The molecule has 0 N–H and O–H groups in total. The minimum atomic E-state index is -0.778. The van der Waals surface area contributed by atoms with Gasteiger partial charge in [0.05, 0.1) is 0 Å². The second kappa shape index (κ2) is 5.17. The normalized spacial score (nSPS) is 20.6. The molecule has 0 aromatic carbocycles. The highest BCUT2D eigenvalue weighted by atomic mass is 32.2. The Bertz CT molecular complexity index is 277. The summed E-state index contributed by atoms with van der Waals surface area (Å²) in [6.07, 6.45) is 3.09. The number of hydrogen-bond acceptors (Lipinski definition) is 3. The van der Waals surface area contributed by atoms with Crippen molar-refractivity contribution in [3.63, 3.8) is 0 Å². The van der Waals surface area contributed by atoms with Crippen LogP contribution in [0, 0.1) is 0 Å². The number of nitrogens with zero attached hydrogens (tertiary/aromatic N) is 1. The van der Waals surface area contributed by atoms with Crippen molar-refractivity contribution in [3.8, 4) is 0 Å². The zero-order chi connectivity index (χ0) is 12.3. The molecular formula is C11H21NO3S. The van der Waals surface area contributed by atoms with E-state index in [1.165, 1.54) is 0 Å². The van der Waals surface area contributed by atoms with Gasteiger partial charge in [0.1, 0.15) is 5.60 Å². The van der Waals surface area contributed by atoms with Crippen molar-refractivity contribution in [2.75, 3.05) is 19.3 Å². The van der Waals surface area contributed by atoms with E-state index in [1.54, 1.807) is 11.2 Å². The van der Waals surface area contributed by atoms with Gasteiger partial charge in [0.25, 0.3) is 0 Å². The van der Waals surface area contributed by atoms with Gasteiger partial charge in [-0.2, -0.15) is 0 Å². The molecule has 1 unspecified atom stereocenters. The molecule has 5 heteroatoms. The number of hydrogen-bond donors (Lipinski definition) is 0. The first kappa shape index (κ1) is 13.5. The largest absolute Gasteiger partial charge is 0.444 e. The maximum atomic E-state index is 11.7. The minimum Gasteiger partial charge on any atom is -0.444 e. The third-order valence-electron chi connectivity index (χ3n) is 2.56. The summed E-state index contributed by atoms with van der Waals surface area (Å²) in [6, 6.07) is 0. The van der Waals surface area contributed by atoms with Gasteiger partial charge < -0.3 is 9.64 Å². The predicted octanol–water partition coefficient (Wildman–Crippen LogP) is 1.76. The van der Waals surface area contributed by atoms with E-state index in [2.05, 4.69) is 0 Å². The maximum absolute atomic E-state index is 11.7. The SMILES string of the molecule is CS(=O)C1CCN(C(=O)OC(C)(C)C)CC1. The van der Waals surface area contributed by atoms with E-state index in [4.69, 9.17) is 4.74 Å². The second-order valence-electron chi connectivity index (χ2n) is 5.17. The van der Waals surface area contributed by atoms with E-state index >= 15 is 0 Å². The van der Waals surface area contributed by atoms with Crippen molar-refractivity contribution in [1.29, 1.82) is 0 Å². The molecule has 0 saturated carbocycles. The molecule has 4 nitrogen and oxygen atoms in total. The fourth-order valence-corrected chi connectivity index (χ4v) is 2.57. The van der Waals surface area contributed by atoms with E-state index < -0.39 is 16.4 Å². The Balaban J connectivity index is 2.42. The Kier molecular flexibility index (Phi) is 4.35. The first-order valence-corrected chi connectivity index (χ1v) is 7.22. The first-order chi connectivity index (χ1) is 7.29. The van der Waals surface area contributed by atoms with Crippen LogP contribution in [0.1, 0.15) is 33.6 Å². The lowest BCUT2D eigenvalue weighted by Crippen LogP contribution is -2.43. The Morgan fingerprint density at radius 2 is 1.81 bits per heavy atom. The number of ether oxygens (including phenoxy) is 1. The van der Waals surface area contributed by atoms with Crippen LogP contribution in [0.2, 0.25) is 0 Å². The molecular weight excluding hydrogens is 226 g/mol. The van der Waals surface area contributed by atoms with E-state index in [0.29, 0.717) is 13.1 Å². The topological polar surface area (TPSA) is 46.6 Å². The van der Waals surface area contributed by atoms with Gasteiger partial charge in [-0.1, -0.05) is 0 Å². The molecule has 1 amide bonds. The minimum absolute atomic E-state index is 0.235. The number of carbonyl (C=O) groups is 1. The molecule has 1 heterocycles. The van der Waals surface area contributed by atoms with Crippen LogP contribution in [0.3, 0.4) is 0 Å². The van der Waals surface area contributed by atoms with Gasteiger partial charge in [-0.15, -0.1) is 0 Å². The maximum Gasteiger partial charge on any atom is 0.410 e. The summed E-state index contributed by atoms with van der Waals surface area (Å²) >= 11 is 0. The molecule has 1 saturated heterocycles. The van der Waals surface area contributed by atoms with Crippen molar-refractivity contribution < 1.29 is 13.7 Å². The van der Waals surface area contributed by atoms with Gasteiger partial charge in [0, 0.05) is 35.4 Å². The Hall–Kier alpha value is -0.580. The smallest absolute Gasteiger partial charge is 0.410 e. The van der Waals surface area contributed by atoms with Crippen molar-refractivity contribution >= 4 is 16.9 Å². The molecule has 0 aromatic heterocycles. The van der Waals surface area contributed by atoms with E-state index in [-0.39, 0.29) is 11.3 Å². The quantitative estimate of drug-likeness (QED) is 0.709. The van der Waals surface area contributed by atoms with Crippen LogP contribution in [-0.4, -0.2) is 45.4 Å². The highest BCUT2D eigenvalue weighted by Crippen LogP contribution is 2.17. The predicted molar refractivity (Wildman–Crippen MR) is 64.9 cm³/mol. The van der Waals surface area contributed by atoms with Gasteiger partial charge in [0.2, 0.25) is 0 Å². The molecule has 0 aromatic rings. The second-order valence-corrected chi connectivity index (χ2v) is 6.83. The van der Waals surface area contributed by atoms with Gasteiger partial charge >= 0.3 is 6.09 Å². The van der Waals surface area contributed by atoms with E-state index in [0.717, 1.165) is 12.8 Å². The van der Waals surface area contributed by atoms with Crippen LogP contribution in [0.4, 0.5) is 4.79 Å². The lowest BCUT2D eigenvalue weighted by molar-refractivity contribution is 0.0218. The Labute approximate surface area is 99.8 Å². The highest BCUT2D eigenvalue weighted by molar-refractivity contribution is 7.84. The van der Waals surface area contributed by atoms with E-state index in [9.17, 15) is 9.00 Å². The Morgan fingerprint density at radius 1 is 1.31 bits per heavy atom. The standard InChI is InChI=1S/C11H21NO3S/c1-11(2,3)15-10(13)12-7-5-9(6-8-12)16(4)14/h9H,5-8H2,1-4H3. The van der Waals surface area contributed by atoms with Gasteiger partial charge in [-0.3, -0.25) is 4.21 Å². The van der Waals surface area contributed by atoms with Crippen LogP contribution in [0.25, 0.3) is 0 Å². The van der Waals surface area contributed by atoms with Crippen LogP contribution in [-0.2, 0) is 15.5 Å². The molecule has 0 spiro atoms. The summed E-state index contributed by atoms with van der Waals surface area (Å²) in [5.74, 6) is 0. The third-order valence-corrected chi connectivity index (χ3v) is 3.97. The third kappa shape index (κ3) is 4.12. The lowest BCUT2D eigenvalue weighted by atomic mass is 10.1. The van der Waals surface area contributed by atoms with Crippen LogP contribution in [0.5, 0.6) is 0 Å². The molecule has 1 atom stereocenters. The van der Waals surface area contributed by atoms with E-state index in [1.807, 2.05) is 20.8 Å². The number of likely N-dealkylation sites (tertiary alicyclic amines) is 1. The lowest BCUT2D eigenvalue weighted by Gasteiger charge is -2.32. The summed E-state index contributed by atoms with van der Waals surface area (Å²) in [4.78, 5) is 13.4. The zero-order valence-corrected chi connectivity index (χ0v) is 11.3. The summed E-state index contributed by atoms with van der Waals surface area (Å²) in [5, 5.41) is 0.235. The first-order valence-electron chi connectivity index (χ1n) is 5.60. The monoisotopic (exact) mass is 247 g/mol. The molecule has 94 valence electrons. The molecule has 0 aliphatic carbocycles. The van der Waals surface area contributed by atoms with Crippen molar-refractivity contribution in [2.24, 2.45) is 0 Å². The molecule has 1 aliphatic heterocycles. The average Bonchev–Trinajstić information content (AvgIpc) is 2.15. The average molecular weight is 247 g/mol. The summed E-state index contributed by atoms with van der Waals surface area (Å²) in [7, 11) is -0.778. The van der Waals surface area contributed by atoms with Crippen molar-refractivity contribution in [2.45, 2.75) is 44.5 Å². The summed E-state index contributed by atoms with van der Waals surface area (Å²) < 4.78 is 16.6. The van der Waals surface area contributed by atoms with Crippen molar-refractivity contribution in [1.82, 2.24) is 4.90 Å². The number of carbonyl (C=O) groups excluding carboxylic acids is 1. The molecule has 1 fully saturated rings. The highest BCUT2D eigenvalue weighted by Gasteiger charge is 2.27. The van der Waals surface area contributed by atoms with Gasteiger partial charge in [0.15, 0.2) is 0 Å². The Morgan fingerprint density at radius 3 is 2.19 bits per heavy atom.